The molecule has 4 heteroatoms. The van der Waals surface area contributed by atoms with Gasteiger partial charge in [0.15, 0.2) is 5.76 Å². The summed E-state index contributed by atoms with van der Waals surface area (Å²) in [7, 11) is 0. The number of halogens is 1. The number of benzene rings is 1. The molecule has 0 unspecified atom stereocenters. The first-order chi connectivity index (χ1) is 7.85. The molecule has 0 spiro atoms. The van der Waals surface area contributed by atoms with Crippen LogP contribution >= 0.6 is 15.9 Å². The van der Waals surface area contributed by atoms with Gasteiger partial charge in [-0.05, 0) is 19.1 Å². The molecule has 0 aliphatic heterocycles. The average Bonchev–Trinajstić information content (AvgIpc) is 2.79. The summed E-state index contributed by atoms with van der Waals surface area (Å²) in [5.74, 6) is 1.56. The summed E-state index contributed by atoms with van der Waals surface area (Å²) in [6.45, 7) is 2.59. The Balaban J connectivity index is 2.38. The molecular weight excluding hydrogens is 270 g/mol. The second-order valence-electron chi connectivity index (χ2n) is 3.25. The van der Waals surface area contributed by atoms with Gasteiger partial charge in [0.05, 0.1) is 17.9 Å². The molecule has 0 bridgehead atoms. The average molecular weight is 282 g/mol. The van der Waals surface area contributed by atoms with Crippen LogP contribution in [-0.4, -0.2) is 11.8 Å². The number of rotatable bonds is 4. The van der Waals surface area contributed by atoms with Gasteiger partial charge in [-0.25, -0.2) is 0 Å². The van der Waals surface area contributed by atoms with Crippen molar-refractivity contribution in [3.8, 4) is 17.1 Å². The van der Waals surface area contributed by atoms with Crippen LogP contribution in [0, 0.1) is 0 Å². The maximum Gasteiger partial charge on any atom is 0.170 e. The predicted octanol–water partition coefficient (Wildman–Crippen LogP) is 3.64. The lowest BCUT2D eigenvalue weighted by Gasteiger charge is -2.06. The maximum absolute atomic E-state index is 5.53. The van der Waals surface area contributed by atoms with Crippen LogP contribution in [0.5, 0.6) is 5.75 Å². The van der Waals surface area contributed by atoms with Gasteiger partial charge >= 0.3 is 0 Å². The highest BCUT2D eigenvalue weighted by molar-refractivity contribution is 9.08. The highest BCUT2D eigenvalue weighted by Gasteiger charge is 2.10. The van der Waals surface area contributed by atoms with Crippen molar-refractivity contribution in [3.05, 3.63) is 36.0 Å². The largest absolute Gasteiger partial charge is 0.493 e. The standard InChI is InChI=1S/C12H12BrNO2/c1-2-15-11-6-4-3-5-10(11)12-7-9(8-13)14-16-12/h3-7H,2,8H2,1H3. The van der Waals surface area contributed by atoms with E-state index in [0.29, 0.717) is 11.9 Å². The van der Waals surface area contributed by atoms with E-state index in [0.717, 1.165) is 22.8 Å². The maximum atomic E-state index is 5.53. The second kappa shape index (κ2) is 5.16. The molecule has 84 valence electrons. The van der Waals surface area contributed by atoms with Gasteiger partial charge in [0.25, 0.3) is 0 Å². The summed E-state index contributed by atoms with van der Waals surface area (Å²) >= 11 is 3.34. The molecule has 0 saturated heterocycles. The monoisotopic (exact) mass is 281 g/mol. The molecule has 3 nitrogen and oxygen atoms in total. The lowest BCUT2D eigenvalue weighted by Crippen LogP contribution is -1.93. The Morgan fingerprint density at radius 3 is 2.88 bits per heavy atom. The van der Waals surface area contributed by atoms with Crippen molar-refractivity contribution in [1.29, 1.82) is 0 Å². The second-order valence-corrected chi connectivity index (χ2v) is 3.81. The van der Waals surface area contributed by atoms with E-state index in [4.69, 9.17) is 9.26 Å². The van der Waals surface area contributed by atoms with Crippen LogP contribution in [-0.2, 0) is 5.33 Å². The first-order valence-corrected chi connectivity index (χ1v) is 6.21. The molecule has 0 aliphatic carbocycles. The quantitative estimate of drug-likeness (QED) is 0.803. The Bertz CT molecular complexity index is 468. The van der Waals surface area contributed by atoms with Crippen LogP contribution in [0.25, 0.3) is 11.3 Å². The van der Waals surface area contributed by atoms with Gasteiger partial charge in [-0.3, -0.25) is 0 Å². The SMILES string of the molecule is CCOc1ccccc1-c1cc(CBr)no1. The van der Waals surface area contributed by atoms with Crippen LogP contribution in [0.2, 0.25) is 0 Å². The van der Waals surface area contributed by atoms with E-state index < -0.39 is 0 Å². The Kier molecular flexibility index (Phi) is 3.62. The summed E-state index contributed by atoms with van der Waals surface area (Å²) in [5, 5.41) is 4.62. The minimum absolute atomic E-state index is 0.635. The Hall–Kier alpha value is -1.29. The normalized spacial score (nSPS) is 10.4. The van der Waals surface area contributed by atoms with Crippen molar-refractivity contribution in [2.24, 2.45) is 0 Å². The van der Waals surface area contributed by atoms with Gasteiger partial charge in [0.1, 0.15) is 5.75 Å². The fourth-order valence-corrected chi connectivity index (χ4v) is 1.72. The molecule has 0 amide bonds. The molecule has 2 rings (SSSR count). The van der Waals surface area contributed by atoms with E-state index in [2.05, 4.69) is 21.1 Å². The van der Waals surface area contributed by atoms with E-state index in [-0.39, 0.29) is 0 Å². The zero-order chi connectivity index (χ0) is 11.4. The van der Waals surface area contributed by atoms with Crippen molar-refractivity contribution >= 4 is 15.9 Å². The Morgan fingerprint density at radius 1 is 1.38 bits per heavy atom. The van der Waals surface area contributed by atoms with Crippen LogP contribution < -0.4 is 4.74 Å². The predicted molar refractivity (Wildman–Crippen MR) is 65.7 cm³/mol. The third-order valence-electron chi connectivity index (χ3n) is 2.15. The molecule has 1 aromatic carbocycles. The van der Waals surface area contributed by atoms with Crippen molar-refractivity contribution in [3.63, 3.8) is 0 Å². The third kappa shape index (κ3) is 2.27. The van der Waals surface area contributed by atoms with E-state index in [1.165, 1.54) is 0 Å². The molecule has 0 N–H and O–H groups in total. The number of para-hydroxylation sites is 1. The van der Waals surface area contributed by atoms with Gasteiger partial charge < -0.3 is 9.26 Å². The fraction of sp³-hybridized carbons (Fsp3) is 0.250. The highest BCUT2D eigenvalue weighted by Crippen LogP contribution is 2.30. The minimum Gasteiger partial charge on any atom is -0.493 e. The van der Waals surface area contributed by atoms with Crippen LogP contribution in [0.3, 0.4) is 0 Å². The van der Waals surface area contributed by atoms with Crippen molar-refractivity contribution in [1.82, 2.24) is 5.16 Å². The molecule has 0 fully saturated rings. The van der Waals surface area contributed by atoms with Gasteiger partial charge in [0.2, 0.25) is 0 Å². The number of alkyl halides is 1. The summed E-state index contributed by atoms with van der Waals surface area (Å²) in [6.07, 6.45) is 0. The zero-order valence-corrected chi connectivity index (χ0v) is 10.5. The molecule has 0 aliphatic rings. The molecule has 0 saturated carbocycles. The lowest BCUT2D eigenvalue weighted by molar-refractivity contribution is 0.339. The zero-order valence-electron chi connectivity index (χ0n) is 8.94. The van der Waals surface area contributed by atoms with E-state index >= 15 is 0 Å². The minimum atomic E-state index is 0.635. The first kappa shape index (κ1) is 11.2. The Morgan fingerprint density at radius 2 is 2.19 bits per heavy atom. The molecule has 1 heterocycles. The topological polar surface area (TPSA) is 35.3 Å². The van der Waals surface area contributed by atoms with Crippen LogP contribution in [0.15, 0.2) is 34.9 Å². The van der Waals surface area contributed by atoms with E-state index in [1.807, 2.05) is 37.3 Å². The molecule has 1 aromatic heterocycles. The van der Waals surface area contributed by atoms with Gasteiger partial charge in [0, 0.05) is 11.4 Å². The number of nitrogens with zero attached hydrogens (tertiary/aromatic N) is 1. The van der Waals surface area contributed by atoms with Gasteiger partial charge in [-0.15, -0.1) is 0 Å². The summed E-state index contributed by atoms with van der Waals surface area (Å²) in [6, 6.07) is 9.69. The molecule has 0 atom stereocenters. The number of aromatic nitrogens is 1. The number of hydrogen-bond acceptors (Lipinski definition) is 3. The van der Waals surface area contributed by atoms with Crippen LogP contribution in [0.4, 0.5) is 0 Å². The van der Waals surface area contributed by atoms with Gasteiger partial charge in [-0.2, -0.15) is 0 Å². The molecule has 2 aromatic rings. The van der Waals surface area contributed by atoms with E-state index in [9.17, 15) is 0 Å². The van der Waals surface area contributed by atoms with Crippen molar-refractivity contribution < 1.29 is 9.26 Å². The lowest BCUT2D eigenvalue weighted by atomic mass is 10.1. The third-order valence-corrected chi connectivity index (χ3v) is 2.72. The smallest absolute Gasteiger partial charge is 0.170 e. The number of hydrogen-bond donors (Lipinski definition) is 0. The summed E-state index contributed by atoms with van der Waals surface area (Å²) in [4.78, 5) is 0. The first-order valence-electron chi connectivity index (χ1n) is 5.09. The van der Waals surface area contributed by atoms with Gasteiger partial charge in [-0.1, -0.05) is 33.2 Å². The summed E-state index contributed by atoms with van der Waals surface area (Å²) in [5.41, 5.74) is 1.81. The fourth-order valence-electron chi connectivity index (χ4n) is 1.45. The van der Waals surface area contributed by atoms with Crippen molar-refractivity contribution in [2.45, 2.75) is 12.3 Å². The van der Waals surface area contributed by atoms with Crippen LogP contribution in [0.1, 0.15) is 12.6 Å². The molecule has 16 heavy (non-hydrogen) atoms. The van der Waals surface area contributed by atoms with E-state index in [1.54, 1.807) is 0 Å². The highest BCUT2D eigenvalue weighted by atomic mass is 79.9. The van der Waals surface area contributed by atoms with Crippen molar-refractivity contribution in [2.75, 3.05) is 6.61 Å². The Labute approximate surface area is 103 Å². The molecule has 0 radical (unpaired) electrons. The number of ether oxygens (including phenoxy) is 1. The molecular formula is C12H12BrNO2. The summed E-state index contributed by atoms with van der Waals surface area (Å²) < 4.78 is 10.8.